The Morgan fingerprint density at radius 3 is 2.40 bits per heavy atom. The predicted molar refractivity (Wildman–Crippen MR) is 87.1 cm³/mol. The van der Waals surface area contributed by atoms with E-state index >= 15 is 0 Å². The lowest BCUT2D eigenvalue weighted by Gasteiger charge is -2.11. The summed E-state index contributed by atoms with van der Waals surface area (Å²) in [6, 6.07) is 18.1. The molecule has 0 aliphatic heterocycles. The largest absolute Gasteiger partial charge is 0.325 e. The van der Waals surface area contributed by atoms with Gasteiger partial charge in [0, 0.05) is 10.9 Å². The van der Waals surface area contributed by atoms with E-state index in [9.17, 15) is 4.79 Å². The summed E-state index contributed by atoms with van der Waals surface area (Å²) in [7, 11) is 0. The minimum Gasteiger partial charge on any atom is -0.325 e. The lowest BCUT2D eigenvalue weighted by Crippen LogP contribution is -2.14. The molecular weight excluding hydrogens is 266 g/mol. The first kappa shape index (κ1) is 14.7. The molecule has 2 nitrogen and oxygen atoms in total. The van der Waals surface area contributed by atoms with Crippen LogP contribution in [0.4, 0.5) is 5.69 Å². The number of benzene rings is 2. The van der Waals surface area contributed by atoms with Crippen molar-refractivity contribution in [2.75, 3.05) is 11.1 Å². The number of rotatable bonds is 5. The Kier molecular flexibility index (Phi) is 5.24. The van der Waals surface area contributed by atoms with Crippen molar-refractivity contribution < 1.29 is 4.79 Å². The van der Waals surface area contributed by atoms with E-state index in [0.29, 0.717) is 11.0 Å². The van der Waals surface area contributed by atoms with Crippen LogP contribution in [0.25, 0.3) is 0 Å². The van der Waals surface area contributed by atoms with Crippen LogP contribution in [0.1, 0.15) is 23.3 Å². The minimum atomic E-state index is 0.0432. The Bertz CT molecular complexity index is 551. The molecule has 0 unspecified atom stereocenters. The minimum absolute atomic E-state index is 0.0432. The molecule has 0 spiro atoms. The van der Waals surface area contributed by atoms with Gasteiger partial charge in [0.1, 0.15) is 0 Å². The number of carbonyl (C=O) groups excluding carboxylic acids is 1. The van der Waals surface area contributed by atoms with Gasteiger partial charge in [0.15, 0.2) is 0 Å². The van der Waals surface area contributed by atoms with Gasteiger partial charge in [0.25, 0.3) is 0 Å². The molecule has 0 saturated carbocycles. The fraction of sp³-hybridized carbons (Fsp3) is 0.235. The normalized spacial score (nSPS) is 11.9. The summed E-state index contributed by atoms with van der Waals surface area (Å²) >= 11 is 1.65. The highest BCUT2D eigenvalue weighted by Crippen LogP contribution is 2.27. The summed E-state index contributed by atoms with van der Waals surface area (Å²) in [5, 5.41) is 3.24. The highest BCUT2D eigenvalue weighted by atomic mass is 32.2. The number of amides is 1. The molecule has 2 rings (SSSR count). The van der Waals surface area contributed by atoms with Crippen LogP contribution in [0.2, 0.25) is 0 Å². The van der Waals surface area contributed by atoms with Crippen LogP contribution in [0.15, 0.2) is 54.6 Å². The van der Waals surface area contributed by atoms with E-state index in [1.807, 2.05) is 49.4 Å². The van der Waals surface area contributed by atoms with Crippen LogP contribution in [-0.4, -0.2) is 11.7 Å². The van der Waals surface area contributed by atoms with Gasteiger partial charge in [-0.25, -0.2) is 0 Å². The molecule has 0 saturated heterocycles. The molecule has 0 radical (unpaired) electrons. The summed E-state index contributed by atoms with van der Waals surface area (Å²) < 4.78 is 0. The first-order valence-electron chi connectivity index (χ1n) is 6.68. The van der Waals surface area contributed by atoms with E-state index in [1.54, 1.807) is 11.8 Å². The summed E-state index contributed by atoms with van der Waals surface area (Å²) in [5.41, 5.74) is 3.30. The van der Waals surface area contributed by atoms with E-state index < -0.39 is 0 Å². The van der Waals surface area contributed by atoms with E-state index in [0.717, 1.165) is 5.69 Å². The van der Waals surface area contributed by atoms with Gasteiger partial charge in [-0.05, 0) is 31.5 Å². The van der Waals surface area contributed by atoms with E-state index in [1.165, 1.54) is 11.1 Å². The second-order valence-electron chi connectivity index (χ2n) is 4.78. The van der Waals surface area contributed by atoms with Gasteiger partial charge < -0.3 is 5.32 Å². The molecule has 0 heterocycles. The fourth-order valence-electron chi connectivity index (χ4n) is 1.85. The monoisotopic (exact) mass is 285 g/mol. The number of thioether (sulfide) groups is 1. The van der Waals surface area contributed by atoms with Crippen molar-refractivity contribution in [3.05, 3.63) is 65.7 Å². The van der Waals surface area contributed by atoms with Crippen LogP contribution in [0.5, 0.6) is 0 Å². The molecule has 2 aromatic rings. The molecule has 0 aliphatic carbocycles. The maximum absolute atomic E-state index is 11.9. The second-order valence-corrected chi connectivity index (χ2v) is 6.11. The van der Waals surface area contributed by atoms with Crippen LogP contribution >= 0.6 is 11.8 Å². The third kappa shape index (κ3) is 4.42. The van der Waals surface area contributed by atoms with Crippen molar-refractivity contribution in [2.24, 2.45) is 0 Å². The second kappa shape index (κ2) is 7.15. The number of nitrogens with one attached hydrogen (secondary N) is 1. The van der Waals surface area contributed by atoms with Crippen LogP contribution in [0.3, 0.4) is 0 Å². The maximum atomic E-state index is 11.9. The summed E-state index contributed by atoms with van der Waals surface area (Å²) in [6.45, 7) is 4.15. The van der Waals surface area contributed by atoms with Crippen molar-refractivity contribution in [2.45, 2.75) is 19.1 Å². The Balaban J connectivity index is 1.82. The Hall–Kier alpha value is -1.74. The van der Waals surface area contributed by atoms with E-state index in [4.69, 9.17) is 0 Å². The summed E-state index contributed by atoms with van der Waals surface area (Å²) in [5.74, 6) is 0.505. The number of hydrogen-bond donors (Lipinski definition) is 1. The number of aryl methyl sites for hydroxylation is 1. The first-order chi connectivity index (χ1) is 9.65. The van der Waals surface area contributed by atoms with Gasteiger partial charge in [-0.15, -0.1) is 11.8 Å². The first-order valence-corrected chi connectivity index (χ1v) is 7.73. The number of carbonyl (C=O) groups is 1. The van der Waals surface area contributed by atoms with Gasteiger partial charge >= 0.3 is 0 Å². The van der Waals surface area contributed by atoms with Crippen molar-refractivity contribution in [3.63, 3.8) is 0 Å². The summed E-state index contributed by atoms with van der Waals surface area (Å²) in [4.78, 5) is 11.9. The Morgan fingerprint density at radius 1 is 1.10 bits per heavy atom. The molecule has 0 aliphatic rings. The van der Waals surface area contributed by atoms with Crippen LogP contribution in [-0.2, 0) is 4.79 Å². The van der Waals surface area contributed by atoms with Crippen LogP contribution in [0, 0.1) is 6.92 Å². The molecule has 1 N–H and O–H groups in total. The molecular formula is C17H19NOS. The van der Waals surface area contributed by atoms with Crippen molar-refractivity contribution in [1.82, 2.24) is 0 Å². The zero-order chi connectivity index (χ0) is 14.4. The topological polar surface area (TPSA) is 29.1 Å². The van der Waals surface area contributed by atoms with Crippen LogP contribution < -0.4 is 5.32 Å². The van der Waals surface area contributed by atoms with Crippen molar-refractivity contribution in [3.8, 4) is 0 Å². The Morgan fingerprint density at radius 2 is 1.75 bits per heavy atom. The molecule has 0 aromatic heterocycles. The quantitative estimate of drug-likeness (QED) is 0.880. The van der Waals surface area contributed by atoms with E-state index in [2.05, 4.69) is 24.4 Å². The molecule has 3 heteroatoms. The van der Waals surface area contributed by atoms with E-state index in [-0.39, 0.29) is 5.91 Å². The molecule has 1 amide bonds. The lowest BCUT2D eigenvalue weighted by molar-refractivity contribution is -0.113. The van der Waals surface area contributed by atoms with Gasteiger partial charge in [-0.2, -0.15) is 0 Å². The molecule has 0 fully saturated rings. The highest BCUT2D eigenvalue weighted by Gasteiger charge is 2.09. The molecule has 104 valence electrons. The predicted octanol–water partition coefficient (Wildman–Crippen LogP) is 4.43. The molecule has 0 bridgehead atoms. The van der Waals surface area contributed by atoms with Gasteiger partial charge in [0.05, 0.1) is 5.75 Å². The summed E-state index contributed by atoms with van der Waals surface area (Å²) in [6.07, 6.45) is 0. The van der Waals surface area contributed by atoms with Gasteiger partial charge in [0.2, 0.25) is 5.91 Å². The zero-order valence-corrected chi connectivity index (χ0v) is 12.6. The smallest absolute Gasteiger partial charge is 0.234 e. The SMILES string of the molecule is Cc1ccc(NC(=O)CS[C@@H](C)c2ccccc2)cc1. The standard InChI is InChI=1S/C17H19NOS/c1-13-8-10-16(11-9-13)18-17(19)12-20-14(2)15-6-4-3-5-7-15/h3-11,14H,12H2,1-2H3,(H,18,19)/t14-/m0/s1. The maximum Gasteiger partial charge on any atom is 0.234 e. The molecule has 2 aromatic carbocycles. The number of hydrogen-bond acceptors (Lipinski definition) is 2. The lowest BCUT2D eigenvalue weighted by atomic mass is 10.2. The average molecular weight is 285 g/mol. The zero-order valence-electron chi connectivity index (χ0n) is 11.8. The molecule has 1 atom stereocenters. The van der Waals surface area contributed by atoms with Gasteiger partial charge in [-0.3, -0.25) is 4.79 Å². The van der Waals surface area contributed by atoms with Crippen molar-refractivity contribution in [1.29, 1.82) is 0 Å². The third-order valence-corrected chi connectivity index (χ3v) is 4.27. The third-order valence-electron chi connectivity index (χ3n) is 3.07. The van der Waals surface area contributed by atoms with Gasteiger partial charge in [-0.1, -0.05) is 48.0 Å². The Labute approximate surface area is 124 Å². The molecule has 20 heavy (non-hydrogen) atoms. The average Bonchev–Trinajstić information content (AvgIpc) is 2.48. The van der Waals surface area contributed by atoms with Crippen molar-refractivity contribution >= 4 is 23.4 Å². The fourth-order valence-corrected chi connectivity index (χ4v) is 2.68. The highest BCUT2D eigenvalue weighted by molar-refractivity contribution is 8.00. The number of anilines is 1.